The van der Waals surface area contributed by atoms with E-state index in [9.17, 15) is 27.9 Å². The van der Waals surface area contributed by atoms with Crippen molar-refractivity contribution in [2.45, 2.75) is 37.5 Å². The fourth-order valence-electron chi connectivity index (χ4n) is 2.79. The van der Waals surface area contributed by atoms with E-state index >= 15 is 0 Å². The number of rotatable bonds is 5. The predicted octanol–water partition coefficient (Wildman–Crippen LogP) is 1.80. The highest BCUT2D eigenvalue weighted by atomic mass is 32.2. The van der Waals surface area contributed by atoms with Crippen LogP contribution < -0.4 is 4.83 Å². The zero-order chi connectivity index (χ0) is 23.2. The largest absolute Gasteiger partial charge is 0.511 e. The summed E-state index contributed by atoms with van der Waals surface area (Å²) in [4.78, 5) is 37.2. The lowest BCUT2D eigenvalue weighted by atomic mass is 10.2. The molecule has 9 nitrogen and oxygen atoms in total. The first-order valence-corrected chi connectivity index (χ1v) is 11.0. The lowest BCUT2D eigenvalue weighted by Crippen LogP contribution is -2.18. The number of sulfonamides is 1. The van der Waals surface area contributed by atoms with Crippen molar-refractivity contribution < 1.29 is 27.9 Å². The van der Waals surface area contributed by atoms with Crippen LogP contribution in [0.25, 0.3) is 0 Å². The average Bonchev–Trinajstić information content (AvgIpc) is 3.18. The molecule has 0 amide bonds. The van der Waals surface area contributed by atoms with E-state index in [0.717, 1.165) is 11.8 Å². The van der Waals surface area contributed by atoms with E-state index in [1.165, 1.54) is 12.1 Å². The first kappa shape index (κ1) is 24.0. The highest BCUT2D eigenvalue weighted by Crippen LogP contribution is 2.19. The molecule has 0 saturated heterocycles. The monoisotopic (exact) mass is 447 g/mol. The summed E-state index contributed by atoms with van der Waals surface area (Å²) in [6.45, 7) is 1.85. The fraction of sp³-hybridized carbons (Fsp3) is 0.333. The van der Waals surface area contributed by atoms with Crippen LogP contribution in [-0.4, -0.2) is 56.1 Å². The number of benzene rings is 1. The zero-order valence-corrected chi connectivity index (χ0v) is 18.4. The summed E-state index contributed by atoms with van der Waals surface area (Å²) in [5.74, 6) is -0.360. The molecular weight excluding hydrogens is 422 g/mol. The van der Waals surface area contributed by atoms with Crippen LogP contribution in [0, 0.1) is 6.92 Å². The molecule has 31 heavy (non-hydrogen) atoms. The van der Waals surface area contributed by atoms with Crippen LogP contribution in [0.3, 0.4) is 0 Å². The molecule has 0 spiro atoms. The second-order valence-corrected chi connectivity index (χ2v) is 8.96. The summed E-state index contributed by atoms with van der Waals surface area (Å²) in [5.41, 5.74) is 1.35. The Kier molecular flexibility index (Phi) is 7.87. The van der Waals surface area contributed by atoms with E-state index in [-0.39, 0.29) is 46.4 Å². The molecule has 0 radical (unpaired) electrons. The molecule has 1 aromatic rings. The minimum Gasteiger partial charge on any atom is -0.511 e. The summed E-state index contributed by atoms with van der Waals surface area (Å²) < 4.78 is 23.8. The van der Waals surface area contributed by atoms with E-state index in [1.54, 1.807) is 37.3 Å². The van der Waals surface area contributed by atoms with Gasteiger partial charge in [0.15, 0.2) is 17.3 Å². The molecule has 166 valence electrons. The SMILES string of the molecule is CN(C)C=C1C(=O)CCC1=O.Cc1ccc(S(=O)(=O)NN=CC2=C(O)CCC2=O)cc1. The number of allylic oxidation sites excluding steroid dienone is 3. The smallest absolute Gasteiger partial charge is 0.276 e. The van der Waals surface area contributed by atoms with Crippen molar-refractivity contribution in [3.63, 3.8) is 0 Å². The van der Waals surface area contributed by atoms with E-state index in [2.05, 4.69) is 5.10 Å². The second kappa shape index (κ2) is 10.2. The van der Waals surface area contributed by atoms with Crippen LogP contribution in [0.5, 0.6) is 0 Å². The van der Waals surface area contributed by atoms with Gasteiger partial charge in [0.25, 0.3) is 10.0 Å². The maximum Gasteiger partial charge on any atom is 0.276 e. The third kappa shape index (κ3) is 6.61. The Balaban J connectivity index is 0.000000262. The van der Waals surface area contributed by atoms with Gasteiger partial charge in [0.2, 0.25) is 0 Å². The van der Waals surface area contributed by atoms with Crippen LogP contribution in [0.15, 0.2) is 57.4 Å². The summed E-state index contributed by atoms with van der Waals surface area (Å²) >= 11 is 0. The number of hydrogen-bond acceptors (Lipinski definition) is 8. The predicted molar refractivity (Wildman–Crippen MR) is 115 cm³/mol. The molecule has 2 aliphatic carbocycles. The first-order valence-electron chi connectivity index (χ1n) is 9.52. The number of ketones is 3. The zero-order valence-electron chi connectivity index (χ0n) is 17.6. The number of aliphatic hydroxyl groups excluding tert-OH is 1. The molecule has 1 fully saturated rings. The second-order valence-electron chi connectivity index (χ2n) is 7.30. The molecule has 0 bridgehead atoms. The van der Waals surface area contributed by atoms with Gasteiger partial charge in [-0.3, -0.25) is 14.4 Å². The van der Waals surface area contributed by atoms with Gasteiger partial charge in [-0.05, 0) is 19.1 Å². The van der Waals surface area contributed by atoms with E-state index < -0.39 is 10.0 Å². The van der Waals surface area contributed by atoms with Crippen LogP contribution >= 0.6 is 0 Å². The Morgan fingerprint density at radius 2 is 1.52 bits per heavy atom. The normalized spacial score (nSPS) is 16.6. The molecule has 3 rings (SSSR count). The molecule has 0 heterocycles. The summed E-state index contributed by atoms with van der Waals surface area (Å²) in [5, 5.41) is 12.9. The number of aryl methyl sites for hydroxylation is 1. The molecule has 0 unspecified atom stereocenters. The molecule has 10 heteroatoms. The molecule has 1 aromatic carbocycles. The number of carbonyl (C=O) groups is 3. The Labute approximate surface area is 181 Å². The number of nitrogens with zero attached hydrogens (tertiary/aromatic N) is 2. The van der Waals surface area contributed by atoms with E-state index in [0.29, 0.717) is 18.4 Å². The third-order valence-corrected chi connectivity index (χ3v) is 5.70. The van der Waals surface area contributed by atoms with Crippen molar-refractivity contribution in [1.29, 1.82) is 0 Å². The minimum atomic E-state index is -3.77. The van der Waals surface area contributed by atoms with E-state index in [1.807, 2.05) is 11.8 Å². The quantitative estimate of drug-likeness (QED) is 0.304. The molecule has 1 saturated carbocycles. The fourth-order valence-corrected chi connectivity index (χ4v) is 3.58. The highest BCUT2D eigenvalue weighted by Gasteiger charge is 2.25. The lowest BCUT2D eigenvalue weighted by molar-refractivity contribution is -0.117. The number of carbonyl (C=O) groups excluding carboxylic acids is 3. The van der Waals surface area contributed by atoms with Crippen molar-refractivity contribution in [3.05, 3.63) is 52.9 Å². The summed E-state index contributed by atoms with van der Waals surface area (Å²) in [6, 6.07) is 6.27. The Morgan fingerprint density at radius 1 is 0.968 bits per heavy atom. The van der Waals surface area contributed by atoms with Gasteiger partial charge < -0.3 is 10.0 Å². The molecule has 0 atom stereocenters. The first-order chi connectivity index (χ1) is 14.5. The van der Waals surface area contributed by atoms with Crippen molar-refractivity contribution in [1.82, 2.24) is 9.73 Å². The average molecular weight is 448 g/mol. The maximum absolute atomic E-state index is 11.9. The van der Waals surface area contributed by atoms with E-state index in [4.69, 9.17) is 0 Å². The topological polar surface area (TPSA) is 133 Å². The number of nitrogens with one attached hydrogen (secondary N) is 1. The Bertz CT molecular complexity index is 1050. The molecular formula is C21H25N3O6S. The summed E-state index contributed by atoms with van der Waals surface area (Å²) in [6.07, 6.45) is 3.90. The number of hydrogen-bond donors (Lipinski definition) is 2. The van der Waals surface area contributed by atoms with Gasteiger partial charge in [-0.2, -0.15) is 13.5 Å². The van der Waals surface area contributed by atoms with Crippen LogP contribution in [0.2, 0.25) is 0 Å². The standard InChI is InChI=1S/C13H14N2O4S.C8H11NO2/c1-9-2-4-10(5-3-9)20(18,19)15-14-8-11-12(16)6-7-13(11)17;1-9(2)5-6-7(10)3-4-8(6)11/h2-5,8,15-16H,6-7H2,1H3;5H,3-4H2,1-2H3. The number of aliphatic hydroxyl groups is 1. The van der Waals surface area contributed by atoms with Crippen molar-refractivity contribution in [2.75, 3.05) is 14.1 Å². The Morgan fingerprint density at radius 3 is 2.00 bits per heavy atom. The van der Waals surface area contributed by atoms with Crippen molar-refractivity contribution in [2.24, 2.45) is 5.10 Å². The number of hydrazone groups is 1. The van der Waals surface area contributed by atoms with Gasteiger partial charge in [-0.25, -0.2) is 4.83 Å². The van der Waals surface area contributed by atoms with Crippen molar-refractivity contribution >= 4 is 33.6 Å². The maximum atomic E-state index is 11.9. The van der Waals surface area contributed by atoms with Gasteiger partial charge in [0.05, 0.1) is 22.3 Å². The van der Waals surface area contributed by atoms with Crippen LogP contribution in [-0.2, 0) is 24.4 Å². The van der Waals surface area contributed by atoms with Gasteiger partial charge in [0, 0.05) is 46.0 Å². The molecule has 0 aromatic heterocycles. The van der Waals surface area contributed by atoms with Gasteiger partial charge in [0.1, 0.15) is 5.76 Å². The lowest BCUT2D eigenvalue weighted by Gasteiger charge is -2.04. The van der Waals surface area contributed by atoms with Gasteiger partial charge >= 0.3 is 0 Å². The highest BCUT2D eigenvalue weighted by molar-refractivity contribution is 7.89. The molecule has 2 N–H and O–H groups in total. The van der Waals surface area contributed by atoms with Crippen molar-refractivity contribution in [3.8, 4) is 0 Å². The molecule has 2 aliphatic rings. The van der Waals surface area contributed by atoms with Gasteiger partial charge in [-0.15, -0.1) is 0 Å². The Hall–Kier alpha value is -3.27. The third-order valence-electron chi connectivity index (χ3n) is 4.47. The minimum absolute atomic E-state index is 0.0244. The number of Topliss-reactive ketones (excluding diaryl/α,β-unsaturated/α-hetero) is 3. The van der Waals surface area contributed by atoms with Gasteiger partial charge in [-0.1, -0.05) is 17.7 Å². The van der Waals surface area contributed by atoms with Crippen LogP contribution in [0.4, 0.5) is 0 Å². The van der Waals surface area contributed by atoms with Crippen LogP contribution in [0.1, 0.15) is 31.2 Å². The molecule has 0 aliphatic heterocycles. The summed E-state index contributed by atoms with van der Waals surface area (Å²) in [7, 11) is -0.172.